The van der Waals surface area contributed by atoms with Crippen molar-refractivity contribution in [1.82, 2.24) is 15.1 Å². The summed E-state index contributed by atoms with van der Waals surface area (Å²) < 4.78 is 0. The van der Waals surface area contributed by atoms with Crippen molar-refractivity contribution in [2.45, 2.75) is 18.9 Å². The van der Waals surface area contributed by atoms with Crippen molar-refractivity contribution in [2.24, 2.45) is 0 Å². The molecule has 0 bridgehead atoms. The lowest BCUT2D eigenvalue weighted by atomic mass is 10.2. The number of piperazine rings is 1. The number of urea groups is 1. The van der Waals surface area contributed by atoms with Crippen molar-refractivity contribution in [3.05, 3.63) is 0 Å². The maximum atomic E-state index is 12.1. The second kappa shape index (κ2) is 4.60. The van der Waals surface area contributed by atoms with Crippen LogP contribution in [0.15, 0.2) is 0 Å². The van der Waals surface area contributed by atoms with Crippen LogP contribution < -0.4 is 5.32 Å². The molecule has 7 nitrogen and oxygen atoms in total. The lowest BCUT2D eigenvalue weighted by molar-refractivity contribution is -0.144. The second-order valence-corrected chi connectivity index (χ2v) is 4.26. The molecule has 0 spiro atoms. The summed E-state index contributed by atoms with van der Waals surface area (Å²) in [5, 5.41) is 11.5. The molecular weight excluding hydrogens is 226 g/mol. The molecule has 3 amide bonds. The number of rotatable bonds is 1. The van der Waals surface area contributed by atoms with Crippen LogP contribution in [-0.2, 0) is 9.59 Å². The van der Waals surface area contributed by atoms with Crippen molar-refractivity contribution >= 4 is 17.9 Å². The topological polar surface area (TPSA) is 90.0 Å². The van der Waals surface area contributed by atoms with E-state index in [0.717, 1.165) is 17.7 Å². The fraction of sp³-hybridized carbons (Fsp3) is 0.700. The van der Waals surface area contributed by atoms with E-state index in [-0.39, 0.29) is 25.0 Å². The number of likely N-dealkylation sites (tertiary alicyclic amines) is 1. The van der Waals surface area contributed by atoms with Gasteiger partial charge in [0, 0.05) is 19.6 Å². The van der Waals surface area contributed by atoms with E-state index in [1.807, 2.05) is 0 Å². The van der Waals surface area contributed by atoms with Crippen molar-refractivity contribution < 1.29 is 19.5 Å². The Morgan fingerprint density at radius 1 is 1.29 bits per heavy atom. The first-order chi connectivity index (χ1) is 8.09. The first kappa shape index (κ1) is 11.7. The molecule has 0 aliphatic carbocycles. The van der Waals surface area contributed by atoms with Crippen molar-refractivity contribution in [3.63, 3.8) is 0 Å². The molecule has 1 unspecified atom stereocenters. The number of nitrogens with zero attached hydrogens (tertiary/aromatic N) is 2. The Hall–Kier alpha value is -1.79. The molecule has 17 heavy (non-hydrogen) atoms. The van der Waals surface area contributed by atoms with Crippen molar-refractivity contribution in [2.75, 3.05) is 26.2 Å². The van der Waals surface area contributed by atoms with Gasteiger partial charge in [-0.15, -0.1) is 0 Å². The van der Waals surface area contributed by atoms with Crippen LogP contribution in [0.2, 0.25) is 0 Å². The highest BCUT2D eigenvalue weighted by Crippen LogP contribution is 2.14. The zero-order valence-electron chi connectivity index (χ0n) is 9.39. The van der Waals surface area contributed by atoms with Gasteiger partial charge in [-0.05, 0) is 12.8 Å². The van der Waals surface area contributed by atoms with Crippen LogP contribution in [0.4, 0.5) is 4.79 Å². The molecule has 2 heterocycles. The number of amides is 3. The van der Waals surface area contributed by atoms with Crippen LogP contribution in [0.1, 0.15) is 12.8 Å². The largest absolute Gasteiger partial charge is 0.480 e. The molecule has 2 N–H and O–H groups in total. The third-order valence-electron chi connectivity index (χ3n) is 3.09. The third-order valence-corrected chi connectivity index (χ3v) is 3.09. The van der Waals surface area contributed by atoms with Gasteiger partial charge in [0.05, 0.1) is 0 Å². The van der Waals surface area contributed by atoms with Crippen LogP contribution in [0.25, 0.3) is 0 Å². The summed E-state index contributed by atoms with van der Waals surface area (Å²) in [4.78, 5) is 37.1. The van der Waals surface area contributed by atoms with Gasteiger partial charge in [0.2, 0.25) is 5.91 Å². The van der Waals surface area contributed by atoms with E-state index in [2.05, 4.69) is 5.32 Å². The highest BCUT2D eigenvalue weighted by Gasteiger charge is 2.37. The lowest BCUT2D eigenvalue weighted by Crippen LogP contribution is -2.61. The van der Waals surface area contributed by atoms with E-state index in [1.54, 1.807) is 4.90 Å². The Morgan fingerprint density at radius 3 is 2.53 bits per heavy atom. The summed E-state index contributed by atoms with van der Waals surface area (Å²) in [7, 11) is 0. The van der Waals surface area contributed by atoms with Crippen LogP contribution in [0.5, 0.6) is 0 Å². The number of carbonyl (C=O) groups excluding carboxylic acids is 2. The number of nitrogens with one attached hydrogen (secondary N) is 1. The predicted molar refractivity (Wildman–Crippen MR) is 57.3 cm³/mol. The summed E-state index contributed by atoms with van der Waals surface area (Å²) in [5.41, 5.74) is 0. The minimum absolute atomic E-state index is 0.0201. The zero-order valence-corrected chi connectivity index (χ0v) is 9.39. The quantitative estimate of drug-likeness (QED) is 0.621. The summed E-state index contributed by atoms with van der Waals surface area (Å²) >= 11 is 0. The first-order valence-corrected chi connectivity index (χ1v) is 5.64. The molecule has 0 radical (unpaired) electrons. The summed E-state index contributed by atoms with van der Waals surface area (Å²) in [6.45, 7) is 1.09. The minimum atomic E-state index is -1.09. The summed E-state index contributed by atoms with van der Waals surface area (Å²) in [5.74, 6) is -1.40. The maximum absolute atomic E-state index is 12.1. The van der Waals surface area contributed by atoms with Gasteiger partial charge in [-0.3, -0.25) is 9.69 Å². The average Bonchev–Trinajstić information content (AvgIpc) is 2.80. The highest BCUT2D eigenvalue weighted by molar-refractivity contribution is 5.90. The van der Waals surface area contributed by atoms with E-state index in [4.69, 9.17) is 5.11 Å². The van der Waals surface area contributed by atoms with Gasteiger partial charge in [-0.2, -0.15) is 0 Å². The molecule has 0 aromatic heterocycles. The number of carboxylic acids is 1. The van der Waals surface area contributed by atoms with Gasteiger partial charge >= 0.3 is 12.0 Å². The van der Waals surface area contributed by atoms with Crippen molar-refractivity contribution in [1.29, 1.82) is 0 Å². The average molecular weight is 241 g/mol. The second-order valence-electron chi connectivity index (χ2n) is 4.26. The van der Waals surface area contributed by atoms with E-state index >= 15 is 0 Å². The summed E-state index contributed by atoms with van der Waals surface area (Å²) in [6.07, 6.45) is 1.87. The van der Waals surface area contributed by atoms with E-state index in [0.29, 0.717) is 13.1 Å². The molecule has 1 atom stereocenters. The van der Waals surface area contributed by atoms with Gasteiger partial charge in [-0.25, -0.2) is 9.59 Å². The molecule has 0 aromatic rings. The Morgan fingerprint density at radius 2 is 1.94 bits per heavy atom. The molecule has 94 valence electrons. The minimum Gasteiger partial charge on any atom is -0.480 e. The monoisotopic (exact) mass is 241 g/mol. The van der Waals surface area contributed by atoms with Gasteiger partial charge in [0.25, 0.3) is 0 Å². The Balaban J connectivity index is 2.10. The number of aliphatic carboxylic acids is 1. The SMILES string of the molecule is O=C1CN(C(=O)N2CCCC2)C(C(=O)O)CN1. The molecule has 2 rings (SSSR count). The number of carbonyl (C=O) groups is 3. The van der Waals surface area contributed by atoms with Crippen LogP contribution in [0.3, 0.4) is 0 Å². The van der Waals surface area contributed by atoms with Crippen LogP contribution in [0, 0.1) is 0 Å². The third kappa shape index (κ3) is 2.32. The Bertz CT molecular complexity index is 351. The Labute approximate surface area is 98.4 Å². The van der Waals surface area contributed by atoms with Crippen LogP contribution in [-0.4, -0.2) is 65.0 Å². The molecule has 0 aromatic carbocycles. The predicted octanol–water partition coefficient (Wildman–Crippen LogP) is -0.913. The number of hydrogen-bond donors (Lipinski definition) is 2. The van der Waals surface area contributed by atoms with Crippen molar-refractivity contribution in [3.8, 4) is 0 Å². The van der Waals surface area contributed by atoms with Gasteiger partial charge in [0.15, 0.2) is 0 Å². The molecule has 2 aliphatic heterocycles. The number of hydrogen-bond acceptors (Lipinski definition) is 3. The Kier molecular flexibility index (Phi) is 3.16. The maximum Gasteiger partial charge on any atom is 0.328 e. The molecular formula is C10H15N3O4. The first-order valence-electron chi connectivity index (χ1n) is 5.64. The smallest absolute Gasteiger partial charge is 0.328 e. The highest BCUT2D eigenvalue weighted by atomic mass is 16.4. The fourth-order valence-corrected chi connectivity index (χ4v) is 2.15. The molecule has 7 heteroatoms. The fourth-order valence-electron chi connectivity index (χ4n) is 2.15. The number of carboxylic acid groups (broad SMARTS) is 1. The van der Waals surface area contributed by atoms with Gasteiger partial charge in [0.1, 0.15) is 12.6 Å². The van der Waals surface area contributed by atoms with Gasteiger partial charge < -0.3 is 15.3 Å². The van der Waals surface area contributed by atoms with E-state index in [9.17, 15) is 14.4 Å². The molecule has 2 fully saturated rings. The van der Waals surface area contributed by atoms with Crippen LogP contribution >= 0.6 is 0 Å². The standard InChI is InChI=1S/C10H15N3O4/c14-8-6-13(7(5-11-8)9(15)16)10(17)12-3-1-2-4-12/h7H,1-6H2,(H,11,14)(H,15,16). The molecule has 2 saturated heterocycles. The molecule has 2 aliphatic rings. The van der Waals surface area contributed by atoms with Gasteiger partial charge in [-0.1, -0.05) is 0 Å². The molecule has 0 saturated carbocycles. The van der Waals surface area contributed by atoms with E-state index < -0.39 is 12.0 Å². The zero-order chi connectivity index (χ0) is 12.4. The summed E-state index contributed by atoms with van der Waals surface area (Å²) in [6, 6.07) is -1.30. The lowest BCUT2D eigenvalue weighted by Gasteiger charge is -2.35. The normalized spacial score (nSPS) is 24.7. The van der Waals surface area contributed by atoms with E-state index in [1.165, 1.54) is 0 Å².